The van der Waals surface area contributed by atoms with Gasteiger partial charge in [-0.3, -0.25) is 4.90 Å². The van der Waals surface area contributed by atoms with Gasteiger partial charge in [0.25, 0.3) is 0 Å². The summed E-state index contributed by atoms with van der Waals surface area (Å²) in [7, 11) is 0. The molecule has 0 saturated heterocycles. The smallest absolute Gasteiger partial charge is 0.336 e. The lowest BCUT2D eigenvalue weighted by Crippen LogP contribution is -2.31. The molecule has 0 atom stereocenters. The number of benzene rings is 2. The minimum atomic E-state index is -0.295. The first-order valence-electron chi connectivity index (χ1n) is 9.32. The third-order valence-corrected chi connectivity index (χ3v) is 5.21. The third-order valence-electron chi connectivity index (χ3n) is 4.96. The largest absolute Gasteiger partial charge is 0.478 e. The van der Waals surface area contributed by atoms with Gasteiger partial charge < -0.3 is 9.15 Å². The maximum Gasteiger partial charge on any atom is 0.336 e. The molecule has 0 radical (unpaired) electrons. The highest BCUT2D eigenvalue weighted by atomic mass is 35.5. The summed E-state index contributed by atoms with van der Waals surface area (Å²) < 4.78 is 11.6. The zero-order valence-electron chi connectivity index (χ0n) is 15.3. The fraction of sp³-hybridized carbons (Fsp3) is 0.318. The Labute approximate surface area is 163 Å². The highest BCUT2D eigenvalue weighted by molar-refractivity contribution is 6.30. The van der Waals surface area contributed by atoms with Crippen LogP contribution in [0.3, 0.4) is 0 Å². The van der Waals surface area contributed by atoms with Crippen LogP contribution < -0.4 is 10.4 Å². The summed E-state index contributed by atoms with van der Waals surface area (Å²) in [5, 5.41) is 1.74. The van der Waals surface area contributed by atoms with Crippen LogP contribution in [0, 0.1) is 0 Å². The Hall–Kier alpha value is -2.30. The predicted octanol–water partition coefficient (Wildman–Crippen LogP) is 5.14. The van der Waals surface area contributed by atoms with E-state index < -0.39 is 0 Å². The van der Waals surface area contributed by atoms with Crippen molar-refractivity contribution in [3.8, 4) is 5.75 Å². The first-order chi connectivity index (χ1) is 13.1. The van der Waals surface area contributed by atoms with Gasteiger partial charge in [-0.15, -0.1) is 0 Å². The molecule has 1 aliphatic rings. The quantitative estimate of drug-likeness (QED) is 0.572. The van der Waals surface area contributed by atoms with Crippen molar-refractivity contribution in [1.29, 1.82) is 0 Å². The van der Waals surface area contributed by atoms with Crippen LogP contribution in [0.4, 0.5) is 0 Å². The second kappa shape index (κ2) is 7.75. The molecule has 1 aromatic heterocycles. The normalized spacial score (nSPS) is 14.1. The van der Waals surface area contributed by atoms with E-state index in [0.29, 0.717) is 18.9 Å². The summed E-state index contributed by atoms with van der Waals surface area (Å²) in [6.07, 6.45) is 3.02. The molecule has 0 aliphatic carbocycles. The minimum Gasteiger partial charge on any atom is -0.478 e. The summed E-state index contributed by atoms with van der Waals surface area (Å²) in [5.41, 5.74) is 3.53. The number of hydrogen-bond acceptors (Lipinski definition) is 4. The van der Waals surface area contributed by atoms with Crippen molar-refractivity contribution in [2.24, 2.45) is 0 Å². The van der Waals surface area contributed by atoms with Gasteiger partial charge >= 0.3 is 5.63 Å². The molecule has 0 saturated carbocycles. The molecule has 0 bridgehead atoms. The molecule has 0 fully saturated rings. The SMILES string of the molecule is CCCCc1cc(=O)oc2c3c(ccc12)OCN(Cc1ccc(Cl)cc1)C3. The van der Waals surface area contributed by atoms with Crippen LogP contribution in [-0.2, 0) is 19.5 Å². The molecular formula is C22H22ClNO3. The summed E-state index contributed by atoms with van der Waals surface area (Å²) in [5.74, 6) is 0.797. The van der Waals surface area contributed by atoms with Crippen LogP contribution in [0.1, 0.15) is 36.5 Å². The van der Waals surface area contributed by atoms with E-state index in [-0.39, 0.29) is 5.63 Å². The molecule has 4 nitrogen and oxygen atoms in total. The number of aryl methyl sites for hydroxylation is 1. The average molecular weight is 384 g/mol. The number of unbranched alkanes of at least 4 members (excludes halogenated alkanes) is 1. The molecule has 3 aromatic rings. The molecule has 2 aromatic carbocycles. The Balaban J connectivity index is 1.67. The van der Waals surface area contributed by atoms with Gasteiger partial charge in [-0.1, -0.05) is 37.1 Å². The maximum atomic E-state index is 12.1. The monoisotopic (exact) mass is 383 g/mol. The molecule has 27 heavy (non-hydrogen) atoms. The molecule has 4 rings (SSSR count). The third kappa shape index (κ3) is 3.87. The topological polar surface area (TPSA) is 42.7 Å². The maximum absolute atomic E-state index is 12.1. The zero-order chi connectivity index (χ0) is 18.8. The van der Waals surface area contributed by atoms with E-state index in [4.69, 9.17) is 20.8 Å². The number of hydrogen-bond donors (Lipinski definition) is 0. The molecule has 1 aliphatic heterocycles. The molecule has 0 N–H and O–H groups in total. The summed E-state index contributed by atoms with van der Waals surface area (Å²) in [6.45, 7) is 4.07. The van der Waals surface area contributed by atoms with Gasteiger partial charge in [-0.2, -0.15) is 0 Å². The first kappa shape index (κ1) is 18.1. The minimum absolute atomic E-state index is 0.295. The summed E-state index contributed by atoms with van der Waals surface area (Å²) in [6, 6.07) is 13.4. The molecule has 0 spiro atoms. The van der Waals surface area contributed by atoms with Crippen molar-refractivity contribution in [3.63, 3.8) is 0 Å². The average Bonchev–Trinajstić information content (AvgIpc) is 2.67. The van der Waals surface area contributed by atoms with Crippen molar-refractivity contribution >= 4 is 22.6 Å². The fourth-order valence-corrected chi connectivity index (χ4v) is 3.69. The molecular weight excluding hydrogens is 362 g/mol. The summed E-state index contributed by atoms with van der Waals surface area (Å²) in [4.78, 5) is 14.3. The first-order valence-corrected chi connectivity index (χ1v) is 9.70. The molecule has 2 heterocycles. The molecule has 0 amide bonds. The van der Waals surface area contributed by atoms with Crippen LogP contribution in [0.15, 0.2) is 51.7 Å². The lowest BCUT2D eigenvalue weighted by atomic mass is 10.0. The van der Waals surface area contributed by atoms with Crippen LogP contribution in [0.25, 0.3) is 11.0 Å². The number of halogens is 1. The van der Waals surface area contributed by atoms with Crippen LogP contribution >= 0.6 is 11.6 Å². The predicted molar refractivity (Wildman–Crippen MR) is 107 cm³/mol. The lowest BCUT2D eigenvalue weighted by Gasteiger charge is -2.29. The van der Waals surface area contributed by atoms with Crippen molar-refractivity contribution in [2.75, 3.05) is 6.73 Å². The number of nitrogens with zero attached hydrogens (tertiary/aromatic N) is 1. The fourth-order valence-electron chi connectivity index (χ4n) is 3.57. The zero-order valence-corrected chi connectivity index (χ0v) is 16.1. The van der Waals surface area contributed by atoms with E-state index in [0.717, 1.165) is 58.7 Å². The van der Waals surface area contributed by atoms with E-state index in [1.165, 1.54) is 0 Å². The Bertz CT molecular complexity index is 1010. The van der Waals surface area contributed by atoms with E-state index in [9.17, 15) is 4.79 Å². The van der Waals surface area contributed by atoms with Crippen molar-refractivity contribution in [2.45, 2.75) is 39.3 Å². The van der Waals surface area contributed by atoms with E-state index >= 15 is 0 Å². The van der Waals surface area contributed by atoms with E-state index in [1.807, 2.05) is 36.4 Å². The van der Waals surface area contributed by atoms with Crippen LogP contribution in [-0.4, -0.2) is 11.6 Å². The van der Waals surface area contributed by atoms with Gasteiger partial charge in [0.05, 0.1) is 5.56 Å². The van der Waals surface area contributed by atoms with Crippen molar-refractivity contribution in [3.05, 3.63) is 74.6 Å². The summed E-state index contributed by atoms with van der Waals surface area (Å²) >= 11 is 5.97. The van der Waals surface area contributed by atoms with Gasteiger partial charge in [0.15, 0.2) is 0 Å². The van der Waals surface area contributed by atoms with Crippen molar-refractivity contribution in [1.82, 2.24) is 4.90 Å². The van der Waals surface area contributed by atoms with E-state index in [1.54, 1.807) is 6.07 Å². The highest BCUT2D eigenvalue weighted by Crippen LogP contribution is 2.33. The number of rotatable bonds is 5. The van der Waals surface area contributed by atoms with Crippen molar-refractivity contribution < 1.29 is 9.15 Å². The standard InChI is InChI=1S/C22H22ClNO3/c1-2-3-4-16-11-21(25)27-22-18(16)9-10-20-19(22)13-24(14-26-20)12-15-5-7-17(23)8-6-15/h5-11H,2-4,12-14H2,1H3. The second-order valence-corrected chi connectivity index (χ2v) is 7.44. The van der Waals surface area contributed by atoms with Gasteiger partial charge in [0, 0.05) is 29.6 Å². The highest BCUT2D eigenvalue weighted by Gasteiger charge is 2.22. The van der Waals surface area contributed by atoms with Gasteiger partial charge in [0.2, 0.25) is 0 Å². The molecule has 0 unspecified atom stereocenters. The Morgan fingerprint density at radius 1 is 1.15 bits per heavy atom. The van der Waals surface area contributed by atoms with Gasteiger partial charge in [-0.25, -0.2) is 4.79 Å². The number of ether oxygens (including phenoxy) is 1. The Morgan fingerprint density at radius 2 is 1.96 bits per heavy atom. The van der Waals surface area contributed by atoms with Gasteiger partial charge in [-0.05, 0) is 48.2 Å². The van der Waals surface area contributed by atoms with Crippen LogP contribution in [0.2, 0.25) is 5.02 Å². The second-order valence-electron chi connectivity index (χ2n) is 7.00. The van der Waals surface area contributed by atoms with Gasteiger partial charge in [0.1, 0.15) is 18.1 Å². The molecule has 5 heteroatoms. The Morgan fingerprint density at radius 3 is 2.74 bits per heavy atom. The lowest BCUT2D eigenvalue weighted by molar-refractivity contribution is 0.0889. The van der Waals surface area contributed by atoms with Crippen LogP contribution in [0.5, 0.6) is 5.75 Å². The molecule has 140 valence electrons. The Kier molecular flexibility index (Phi) is 5.19. The number of fused-ring (bicyclic) bond motifs is 3. The van der Waals surface area contributed by atoms with E-state index in [2.05, 4.69) is 11.8 Å².